The van der Waals surface area contributed by atoms with Crippen LogP contribution in [-0.4, -0.2) is 34.6 Å². The van der Waals surface area contributed by atoms with Crippen molar-refractivity contribution in [1.82, 2.24) is 0 Å². The third-order valence-corrected chi connectivity index (χ3v) is 3.22. The summed E-state index contributed by atoms with van der Waals surface area (Å²) in [5, 5.41) is 28.1. The van der Waals surface area contributed by atoms with E-state index in [9.17, 15) is 10.2 Å². The van der Waals surface area contributed by atoms with Crippen molar-refractivity contribution in [1.29, 1.82) is 0 Å². The molecule has 0 unspecified atom stereocenters. The lowest BCUT2D eigenvalue weighted by Crippen LogP contribution is -2.41. The Bertz CT molecular complexity index is 222. The van der Waals surface area contributed by atoms with Crippen molar-refractivity contribution in [3.63, 3.8) is 0 Å². The fourth-order valence-corrected chi connectivity index (χ4v) is 2.03. The van der Waals surface area contributed by atoms with Crippen molar-refractivity contribution in [2.24, 2.45) is 5.41 Å². The van der Waals surface area contributed by atoms with Crippen LogP contribution in [0.1, 0.15) is 26.7 Å². The van der Waals surface area contributed by atoms with Gasteiger partial charge < -0.3 is 15.3 Å². The number of hydrogen-bond acceptors (Lipinski definition) is 3. The summed E-state index contributed by atoms with van der Waals surface area (Å²) in [5.41, 5.74) is 1.26. The Kier molecular flexibility index (Phi) is 3.11. The molecule has 0 radical (unpaired) electrons. The first-order valence-corrected chi connectivity index (χ1v) is 4.65. The van der Waals surface area contributed by atoms with Crippen molar-refractivity contribution in [2.75, 3.05) is 13.2 Å². The molecule has 3 heteroatoms. The maximum Gasteiger partial charge on any atom is 0.0657 e. The van der Waals surface area contributed by atoms with Crippen LogP contribution < -0.4 is 0 Å². The molecule has 0 spiro atoms. The lowest BCUT2D eigenvalue weighted by atomic mass is 9.70. The zero-order valence-electron chi connectivity index (χ0n) is 8.25. The summed E-state index contributed by atoms with van der Waals surface area (Å²) in [6.45, 7) is 3.57. The van der Waals surface area contributed by atoms with E-state index in [0.29, 0.717) is 6.42 Å². The van der Waals surface area contributed by atoms with Gasteiger partial charge >= 0.3 is 0 Å². The first-order valence-electron chi connectivity index (χ1n) is 4.65. The van der Waals surface area contributed by atoms with Crippen molar-refractivity contribution in [3.8, 4) is 0 Å². The normalized spacial score (nSPS) is 35.3. The van der Waals surface area contributed by atoms with E-state index < -0.39 is 11.5 Å². The van der Waals surface area contributed by atoms with Crippen molar-refractivity contribution in [3.05, 3.63) is 11.1 Å². The smallest absolute Gasteiger partial charge is 0.0657 e. The van der Waals surface area contributed by atoms with Crippen LogP contribution in [0.3, 0.4) is 0 Å². The highest BCUT2D eigenvalue weighted by atomic mass is 16.3. The van der Waals surface area contributed by atoms with Gasteiger partial charge in [-0.05, 0) is 25.3 Å². The fraction of sp³-hybridized carbons (Fsp3) is 0.800. The van der Waals surface area contributed by atoms with Gasteiger partial charge in [-0.2, -0.15) is 0 Å². The van der Waals surface area contributed by atoms with E-state index in [-0.39, 0.29) is 13.2 Å². The molecule has 76 valence electrons. The largest absolute Gasteiger partial charge is 0.395 e. The summed E-state index contributed by atoms with van der Waals surface area (Å²) >= 11 is 0. The van der Waals surface area contributed by atoms with Gasteiger partial charge in [0.15, 0.2) is 0 Å². The van der Waals surface area contributed by atoms with Gasteiger partial charge in [0.1, 0.15) is 0 Å². The summed E-state index contributed by atoms with van der Waals surface area (Å²) in [4.78, 5) is 0. The predicted molar refractivity (Wildman–Crippen MR) is 50.2 cm³/mol. The molecular weight excluding hydrogens is 168 g/mol. The van der Waals surface area contributed by atoms with E-state index in [4.69, 9.17) is 5.11 Å². The molecule has 0 heterocycles. The van der Waals surface area contributed by atoms with E-state index in [1.54, 1.807) is 6.92 Å². The first-order chi connectivity index (χ1) is 6.06. The van der Waals surface area contributed by atoms with E-state index >= 15 is 0 Å². The number of rotatable bonds is 2. The van der Waals surface area contributed by atoms with E-state index in [0.717, 1.165) is 17.6 Å². The van der Waals surface area contributed by atoms with Gasteiger partial charge in [-0.25, -0.2) is 0 Å². The summed E-state index contributed by atoms with van der Waals surface area (Å²) in [7, 11) is 0. The summed E-state index contributed by atoms with van der Waals surface area (Å²) in [5.74, 6) is 0. The van der Waals surface area contributed by atoms with Crippen molar-refractivity contribution in [2.45, 2.75) is 32.8 Å². The molecule has 13 heavy (non-hydrogen) atoms. The van der Waals surface area contributed by atoms with Crippen molar-refractivity contribution < 1.29 is 15.3 Å². The van der Waals surface area contributed by atoms with Gasteiger partial charge in [-0.1, -0.05) is 12.5 Å². The Hall–Kier alpha value is -0.380. The molecule has 0 saturated heterocycles. The maximum atomic E-state index is 9.74. The molecular formula is C10H18O3. The molecule has 0 fully saturated rings. The van der Waals surface area contributed by atoms with Gasteiger partial charge in [0.25, 0.3) is 0 Å². The predicted octanol–water partition coefficient (Wildman–Crippen LogP) is 0.448. The second-order valence-electron chi connectivity index (χ2n) is 4.05. The molecule has 0 aromatic heterocycles. The van der Waals surface area contributed by atoms with Gasteiger partial charge in [-0.15, -0.1) is 0 Å². The second-order valence-corrected chi connectivity index (χ2v) is 4.05. The quantitative estimate of drug-likeness (QED) is 0.549. The summed E-state index contributed by atoms with van der Waals surface area (Å²) in [6.07, 6.45) is 0.947. The SMILES string of the molecule is CC1=C(CO)[C@](C)(CO)[C@@H](O)CC1. The molecule has 0 aromatic carbocycles. The Morgan fingerprint density at radius 3 is 2.46 bits per heavy atom. The van der Waals surface area contributed by atoms with E-state index in [1.807, 2.05) is 6.92 Å². The Morgan fingerprint density at radius 1 is 1.46 bits per heavy atom. The molecule has 0 aliphatic heterocycles. The highest BCUT2D eigenvalue weighted by Crippen LogP contribution is 2.39. The number of aliphatic hydroxyl groups excluding tert-OH is 3. The first kappa shape index (κ1) is 10.7. The van der Waals surface area contributed by atoms with Crippen LogP contribution in [0.25, 0.3) is 0 Å². The molecule has 3 nitrogen and oxygen atoms in total. The van der Waals surface area contributed by atoms with E-state index in [2.05, 4.69) is 0 Å². The average molecular weight is 186 g/mol. The van der Waals surface area contributed by atoms with Crippen LogP contribution in [0.5, 0.6) is 0 Å². The standard InChI is InChI=1S/C10H18O3/c1-7-3-4-9(13)10(2,6-12)8(7)5-11/h9,11-13H,3-6H2,1-2H3/t9-,10-/m0/s1. The van der Waals surface area contributed by atoms with Gasteiger partial charge in [-0.3, -0.25) is 0 Å². The minimum Gasteiger partial charge on any atom is -0.395 e. The monoisotopic (exact) mass is 186 g/mol. The molecule has 1 rings (SSSR count). The average Bonchev–Trinajstić information content (AvgIpc) is 2.13. The minimum absolute atomic E-state index is 0.0695. The summed E-state index contributed by atoms with van der Waals surface area (Å²) in [6, 6.07) is 0. The van der Waals surface area contributed by atoms with Crippen LogP contribution in [0.15, 0.2) is 11.1 Å². The Labute approximate surface area is 78.7 Å². The Morgan fingerprint density at radius 2 is 2.08 bits per heavy atom. The molecule has 1 aliphatic carbocycles. The highest BCUT2D eigenvalue weighted by Gasteiger charge is 2.39. The number of hydrogen-bond donors (Lipinski definition) is 3. The second kappa shape index (κ2) is 3.78. The third-order valence-electron chi connectivity index (χ3n) is 3.22. The minimum atomic E-state index is -0.642. The maximum absolute atomic E-state index is 9.74. The molecule has 0 bridgehead atoms. The summed E-state index contributed by atoms with van der Waals surface area (Å²) < 4.78 is 0. The zero-order chi connectivity index (χ0) is 10.1. The van der Waals surface area contributed by atoms with E-state index in [1.165, 1.54) is 0 Å². The van der Waals surface area contributed by atoms with Crippen LogP contribution in [-0.2, 0) is 0 Å². The van der Waals surface area contributed by atoms with Crippen molar-refractivity contribution >= 4 is 0 Å². The van der Waals surface area contributed by atoms with Crippen LogP contribution in [0.4, 0.5) is 0 Å². The fourth-order valence-electron chi connectivity index (χ4n) is 2.03. The van der Waals surface area contributed by atoms with Crippen LogP contribution >= 0.6 is 0 Å². The van der Waals surface area contributed by atoms with Gasteiger partial charge in [0, 0.05) is 5.41 Å². The van der Waals surface area contributed by atoms with Crippen LogP contribution in [0.2, 0.25) is 0 Å². The van der Waals surface area contributed by atoms with Gasteiger partial charge in [0.05, 0.1) is 19.3 Å². The molecule has 1 aliphatic rings. The number of aliphatic hydroxyl groups is 3. The lowest BCUT2D eigenvalue weighted by Gasteiger charge is -2.39. The molecule has 2 atom stereocenters. The highest BCUT2D eigenvalue weighted by molar-refractivity contribution is 5.26. The molecule has 0 saturated carbocycles. The molecule has 0 amide bonds. The molecule has 0 aromatic rings. The van der Waals surface area contributed by atoms with Crippen LogP contribution in [0, 0.1) is 5.41 Å². The van der Waals surface area contributed by atoms with Gasteiger partial charge in [0.2, 0.25) is 0 Å². The zero-order valence-corrected chi connectivity index (χ0v) is 8.25. The number of allylic oxidation sites excluding steroid dienone is 1. The molecule has 3 N–H and O–H groups in total. The topological polar surface area (TPSA) is 60.7 Å². The lowest BCUT2D eigenvalue weighted by molar-refractivity contribution is 0.000797. The third kappa shape index (κ3) is 1.64. The Balaban J connectivity index is 3.05.